The molecular formula is C19H24N2O3. The second-order valence-electron chi connectivity index (χ2n) is 7.20. The van der Waals surface area contributed by atoms with Crippen molar-refractivity contribution in [3.05, 3.63) is 53.7 Å². The first-order chi connectivity index (χ1) is 11.4. The number of hydrogen-bond acceptors (Lipinski definition) is 4. The second-order valence-corrected chi connectivity index (χ2v) is 7.20. The number of amides is 1. The first-order valence-electron chi connectivity index (χ1n) is 8.38. The lowest BCUT2D eigenvalue weighted by Gasteiger charge is -2.22. The molecule has 24 heavy (non-hydrogen) atoms. The Morgan fingerprint density at radius 1 is 1.33 bits per heavy atom. The van der Waals surface area contributed by atoms with E-state index < -0.39 is 0 Å². The molecule has 2 heterocycles. The standard InChI is InChI=1S/C19H24N2O3/c1-19(2,3)16-12-20-17(24-16)15-10-7-11-21(15)18(22)23-13-14-8-5-4-6-9-14/h4-6,8-9,12,15H,7,10-11,13H2,1-3H3/t15-/m0/s1. The topological polar surface area (TPSA) is 55.6 Å². The van der Waals surface area contributed by atoms with Gasteiger partial charge in [0.2, 0.25) is 5.89 Å². The quantitative estimate of drug-likeness (QED) is 0.835. The van der Waals surface area contributed by atoms with Gasteiger partial charge < -0.3 is 9.15 Å². The molecule has 1 amide bonds. The van der Waals surface area contributed by atoms with Gasteiger partial charge >= 0.3 is 6.09 Å². The van der Waals surface area contributed by atoms with E-state index in [2.05, 4.69) is 25.8 Å². The maximum atomic E-state index is 12.4. The van der Waals surface area contributed by atoms with Gasteiger partial charge in [-0.25, -0.2) is 9.78 Å². The molecule has 0 radical (unpaired) electrons. The van der Waals surface area contributed by atoms with Crippen LogP contribution in [0.3, 0.4) is 0 Å². The highest BCUT2D eigenvalue weighted by atomic mass is 16.6. The summed E-state index contributed by atoms with van der Waals surface area (Å²) in [4.78, 5) is 18.6. The van der Waals surface area contributed by atoms with Gasteiger partial charge in [-0.3, -0.25) is 4.90 Å². The highest BCUT2D eigenvalue weighted by Gasteiger charge is 2.35. The van der Waals surface area contributed by atoms with Crippen LogP contribution in [0.5, 0.6) is 0 Å². The SMILES string of the molecule is CC(C)(C)c1cnc([C@@H]2CCCN2C(=O)OCc2ccccc2)o1. The van der Waals surface area contributed by atoms with Crippen molar-refractivity contribution in [3.63, 3.8) is 0 Å². The third-order valence-electron chi connectivity index (χ3n) is 4.24. The van der Waals surface area contributed by atoms with Crippen LogP contribution in [0.4, 0.5) is 4.79 Å². The van der Waals surface area contributed by atoms with E-state index in [1.807, 2.05) is 30.3 Å². The lowest BCUT2D eigenvalue weighted by molar-refractivity contribution is 0.0873. The fraction of sp³-hybridized carbons (Fsp3) is 0.474. The van der Waals surface area contributed by atoms with Gasteiger partial charge in [-0.1, -0.05) is 51.1 Å². The molecule has 1 atom stereocenters. The van der Waals surface area contributed by atoms with E-state index in [1.165, 1.54) is 0 Å². The summed E-state index contributed by atoms with van der Waals surface area (Å²) >= 11 is 0. The van der Waals surface area contributed by atoms with Crippen LogP contribution in [0, 0.1) is 0 Å². The van der Waals surface area contributed by atoms with Crippen molar-refractivity contribution < 1.29 is 13.9 Å². The summed E-state index contributed by atoms with van der Waals surface area (Å²) in [5.74, 6) is 1.44. The molecular weight excluding hydrogens is 304 g/mol. The first kappa shape index (κ1) is 16.6. The number of rotatable bonds is 3. The van der Waals surface area contributed by atoms with E-state index in [-0.39, 0.29) is 24.2 Å². The zero-order valence-electron chi connectivity index (χ0n) is 14.5. The largest absolute Gasteiger partial charge is 0.445 e. The van der Waals surface area contributed by atoms with E-state index in [1.54, 1.807) is 11.1 Å². The molecule has 1 fully saturated rings. The van der Waals surface area contributed by atoms with Crippen LogP contribution in [0.2, 0.25) is 0 Å². The summed E-state index contributed by atoms with van der Waals surface area (Å²) < 4.78 is 11.4. The van der Waals surface area contributed by atoms with Crippen molar-refractivity contribution in [2.45, 2.75) is 51.7 Å². The predicted molar refractivity (Wildman–Crippen MR) is 90.5 cm³/mol. The zero-order valence-corrected chi connectivity index (χ0v) is 14.5. The Kier molecular flexibility index (Phi) is 4.60. The summed E-state index contributed by atoms with van der Waals surface area (Å²) in [7, 11) is 0. The minimum absolute atomic E-state index is 0.0947. The van der Waals surface area contributed by atoms with E-state index in [9.17, 15) is 4.79 Å². The van der Waals surface area contributed by atoms with Crippen LogP contribution in [0.15, 0.2) is 40.9 Å². The first-order valence-corrected chi connectivity index (χ1v) is 8.38. The number of aromatic nitrogens is 1. The Morgan fingerprint density at radius 3 is 2.75 bits per heavy atom. The molecule has 128 valence electrons. The molecule has 3 rings (SSSR count). The Hall–Kier alpha value is -2.30. The van der Waals surface area contributed by atoms with Crippen LogP contribution < -0.4 is 0 Å². The Bertz CT molecular complexity index is 688. The average molecular weight is 328 g/mol. The van der Waals surface area contributed by atoms with E-state index in [0.29, 0.717) is 12.4 Å². The highest BCUT2D eigenvalue weighted by molar-refractivity contribution is 5.68. The van der Waals surface area contributed by atoms with Crippen LogP contribution in [0.1, 0.15) is 56.9 Å². The smallest absolute Gasteiger partial charge is 0.410 e. The van der Waals surface area contributed by atoms with Gasteiger partial charge in [0.1, 0.15) is 18.4 Å². The van der Waals surface area contributed by atoms with Gasteiger partial charge in [-0.2, -0.15) is 0 Å². The zero-order chi connectivity index (χ0) is 17.2. The molecule has 0 N–H and O–H groups in total. The van der Waals surface area contributed by atoms with E-state index >= 15 is 0 Å². The highest BCUT2D eigenvalue weighted by Crippen LogP contribution is 2.34. The summed E-state index contributed by atoms with van der Waals surface area (Å²) in [5, 5.41) is 0. The molecule has 5 heteroatoms. The van der Waals surface area contributed by atoms with Gasteiger partial charge in [0.05, 0.1) is 6.20 Å². The number of likely N-dealkylation sites (tertiary alicyclic amines) is 1. The van der Waals surface area contributed by atoms with Crippen LogP contribution >= 0.6 is 0 Å². The molecule has 0 unspecified atom stereocenters. The molecule has 1 aromatic heterocycles. The third-order valence-corrected chi connectivity index (χ3v) is 4.24. The summed E-state index contributed by atoms with van der Waals surface area (Å²) in [6, 6.07) is 9.56. The van der Waals surface area contributed by atoms with Crippen LogP contribution in [-0.2, 0) is 16.8 Å². The van der Waals surface area contributed by atoms with E-state index in [4.69, 9.17) is 9.15 Å². The van der Waals surface area contributed by atoms with Crippen molar-refractivity contribution in [2.75, 3.05) is 6.54 Å². The van der Waals surface area contributed by atoms with Crippen molar-refractivity contribution in [1.82, 2.24) is 9.88 Å². The van der Waals surface area contributed by atoms with Crippen molar-refractivity contribution >= 4 is 6.09 Å². The summed E-state index contributed by atoms with van der Waals surface area (Å²) in [6.45, 7) is 7.20. The number of benzene rings is 1. The lowest BCUT2D eigenvalue weighted by atomic mass is 9.94. The predicted octanol–water partition coefficient (Wildman–Crippen LogP) is 4.45. The van der Waals surface area contributed by atoms with Crippen molar-refractivity contribution in [1.29, 1.82) is 0 Å². The Morgan fingerprint density at radius 2 is 2.08 bits per heavy atom. The minimum Gasteiger partial charge on any atom is -0.445 e. The fourth-order valence-corrected chi connectivity index (χ4v) is 2.83. The molecule has 1 aromatic carbocycles. The van der Waals surface area contributed by atoms with Crippen molar-refractivity contribution in [2.24, 2.45) is 0 Å². The molecule has 1 aliphatic heterocycles. The second kappa shape index (κ2) is 6.67. The fourth-order valence-electron chi connectivity index (χ4n) is 2.83. The normalized spacial score (nSPS) is 18.0. The van der Waals surface area contributed by atoms with Crippen LogP contribution in [0.25, 0.3) is 0 Å². The monoisotopic (exact) mass is 328 g/mol. The molecule has 0 aliphatic carbocycles. The van der Waals surface area contributed by atoms with E-state index in [0.717, 1.165) is 24.2 Å². The van der Waals surface area contributed by atoms with Gasteiger partial charge in [0, 0.05) is 12.0 Å². The molecule has 5 nitrogen and oxygen atoms in total. The Balaban J connectivity index is 1.66. The Labute approximate surface area is 142 Å². The number of nitrogens with zero attached hydrogens (tertiary/aromatic N) is 2. The van der Waals surface area contributed by atoms with Gasteiger partial charge in [-0.15, -0.1) is 0 Å². The van der Waals surface area contributed by atoms with Crippen LogP contribution in [-0.4, -0.2) is 22.5 Å². The number of oxazole rings is 1. The molecule has 2 aromatic rings. The van der Waals surface area contributed by atoms with Gasteiger partial charge in [-0.05, 0) is 18.4 Å². The summed E-state index contributed by atoms with van der Waals surface area (Å²) in [6.07, 6.45) is 3.24. The molecule has 0 spiro atoms. The molecule has 1 saturated heterocycles. The van der Waals surface area contributed by atoms with Gasteiger partial charge in [0.15, 0.2) is 0 Å². The minimum atomic E-state index is -0.308. The molecule has 1 aliphatic rings. The summed E-state index contributed by atoms with van der Waals surface area (Å²) in [5.41, 5.74) is 0.885. The van der Waals surface area contributed by atoms with Crippen molar-refractivity contribution in [3.8, 4) is 0 Å². The third kappa shape index (κ3) is 3.61. The number of ether oxygens (including phenoxy) is 1. The van der Waals surface area contributed by atoms with Gasteiger partial charge in [0.25, 0.3) is 0 Å². The maximum Gasteiger partial charge on any atom is 0.410 e. The number of carbonyl (C=O) groups is 1. The number of hydrogen-bond donors (Lipinski definition) is 0. The average Bonchev–Trinajstić information content (AvgIpc) is 3.21. The lowest BCUT2D eigenvalue weighted by Crippen LogP contribution is -2.31. The molecule has 0 bridgehead atoms. The number of carbonyl (C=O) groups excluding carboxylic acids is 1. The maximum absolute atomic E-state index is 12.4. The molecule has 0 saturated carbocycles.